The summed E-state index contributed by atoms with van der Waals surface area (Å²) in [4.78, 5) is 25.4. The van der Waals surface area contributed by atoms with Crippen LogP contribution in [0.3, 0.4) is 0 Å². The highest BCUT2D eigenvalue weighted by atomic mass is 32.1. The third-order valence-corrected chi connectivity index (χ3v) is 3.43. The minimum absolute atomic E-state index is 0.240. The molecule has 0 atom stereocenters. The summed E-state index contributed by atoms with van der Waals surface area (Å²) >= 11 is 4.20. The molecule has 0 radical (unpaired) electrons. The van der Waals surface area contributed by atoms with Crippen molar-refractivity contribution in [3.63, 3.8) is 0 Å². The van der Waals surface area contributed by atoms with E-state index in [-0.39, 0.29) is 5.56 Å². The van der Waals surface area contributed by atoms with E-state index in [4.69, 9.17) is 0 Å². The zero-order valence-electron chi connectivity index (χ0n) is 11.5. The second-order valence-electron chi connectivity index (χ2n) is 4.66. The Kier molecular flexibility index (Phi) is 3.66. The molecule has 0 aliphatic heterocycles. The summed E-state index contributed by atoms with van der Waals surface area (Å²) in [7, 11) is 1.86. The normalized spacial score (nSPS) is 11.0. The van der Waals surface area contributed by atoms with Crippen LogP contribution in [0.5, 0.6) is 0 Å². The third kappa shape index (κ3) is 2.52. The minimum Gasteiger partial charge on any atom is -0.345 e. The first-order valence-corrected chi connectivity index (χ1v) is 7.18. The quantitative estimate of drug-likeness (QED) is 0.716. The SMILES string of the molecule is CN(CCS)c1nc2c(ncn2-c2ccccc2)c(=O)[nH]1. The van der Waals surface area contributed by atoms with Crippen molar-refractivity contribution in [2.45, 2.75) is 0 Å². The summed E-state index contributed by atoms with van der Waals surface area (Å²) in [6.07, 6.45) is 1.62. The number of nitrogens with zero attached hydrogens (tertiary/aromatic N) is 4. The van der Waals surface area contributed by atoms with Gasteiger partial charge in [-0.05, 0) is 12.1 Å². The molecule has 0 fully saturated rings. The Morgan fingerprint density at radius 2 is 2.10 bits per heavy atom. The molecule has 2 heterocycles. The Balaban J connectivity index is 2.18. The minimum atomic E-state index is -0.240. The van der Waals surface area contributed by atoms with Gasteiger partial charge in [-0.1, -0.05) is 18.2 Å². The number of hydrogen-bond acceptors (Lipinski definition) is 5. The van der Waals surface area contributed by atoms with E-state index in [1.165, 1.54) is 0 Å². The molecule has 0 aliphatic carbocycles. The second-order valence-corrected chi connectivity index (χ2v) is 5.10. The van der Waals surface area contributed by atoms with Crippen LogP contribution < -0.4 is 10.5 Å². The van der Waals surface area contributed by atoms with Crippen molar-refractivity contribution in [3.8, 4) is 5.69 Å². The Labute approximate surface area is 126 Å². The van der Waals surface area contributed by atoms with E-state index in [0.717, 1.165) is 5.69 Å². The first-order chi connectivity index (χ1) is 10.2. The van der Waals surface area contributed by atoms with Gasteiger partial charge in [0.2, 0.25) is 5.95 Å². The van der Waals surface area contributed by atoms with E-state index >= 15 is 0 Å². The molecule has 7 heteroatoms. The molecule has 1 N–H and O–H groups in total. The van der Waals surface area contributed by atoms with Crippen LogP contribution in [-0.4, -0.2) is 38.9 Å². The van der Waals surface area contributed by atoms with Crippen LogP contribution in [-0.2, 0) is 0 Å². The van der Waals surface area contributed by atoms with Gasteiger partial charge in [-0.2, -0.15) is 17.6 Å². The maximum atomic E-state index is 12.1. The Hall–Kier alpha value is -2.28. The standard InChI is InChI=1S/C14H15N5OS/c1-18(7-8-21)14-16-12-11(13(20)17-14)15-9-19(12)10-5-3-2-4-6-10/h2-6,9,21H,7-8H2,1H3,(H,16,17,20). The predicted octanol–water partition coefficient (Wildman–Crippen LogP) is 1.47. The van der Waals surface area contributed by atoms with Gasteiger partial charge in [0, 0.05) is 25.0 Å². The van der Waals surface area contributed by atoms with Gasteiger partial charge in [0.25, 0.3) is 5.56 Å². The fourth-order valence-corrected chi connectivity index (χ4v) is 2.41. The van der Waals surface area contributed by atoms with Gasteiger partial charge in [0.05, 0.1) is 0 Å². The number of imidazole rings is 1. The van der Waals surface area contributed by atoms with Crippen LogP contribution in [0.2, 0.25) is 0 Å². The number of para-hydroxylation sites is 1. The van der Waals surface area contributed by atoms with Gasteiger partial charge < -0.3 is 4.90 Å². The summed E-state index contributed by atoms with van der Waals surface area (Å²) in [6, 6.07) is 9.70. The smallest absolute Gasteiger partial charge is 0.280 e. The number of fused-ring (bicyclic) bond motifs is 1. The molecule has 2 aromatic heterocycles. The molecule has 21 heavy (non-hydrogen) atoms. The van der Waals surface area contributed by atoms with Crippen LogP contribution >= 0.6 is 12.6 Å². The fourth-order valence-electron chi connectivity index (χ4n) is 2.11. The summed E-state index contributed by atoms with van der Waals surface area (Å²) < 4.78 is 1.81. The number of hydrogen-bond donors (Lipinski definition) is 2. The molecule has 3 rings (SSSR count). The number of thiol groups is 1. The van der Waals surface area contributed by atoms with Crippen molar-refractivity contribution in [2.24, 2.45) is 0 Å². The van der Waals surface area contributed by atoms with E-state index in [2.05, 4.69) is 27.6 Å². The van der Waals surface area contributed by atoms with Crippen LogP contribution in [0.15, 0.2) is 41.5 Å². The summed E-state index contributed by atoms with van der Waals surface area (Å²) in [5.74, 6) is 1.19. The zero-order chi connectivity index (χ0) is 14.8. The van der Waals surface area contributed by atoms with Crippen molar-refractivity contribution in [1.82, 2.24) is 19.5 Å². The molecule has 0 spiro atoms. The van der Waals surface area contributed by atoms with Crippen molar-refractivity contribution < 1.29 is 0 Å². The molecule has 0 amide bonds. The largest absolute Gasteiger partial charge is 0.345 e. The van der Waals surface area contributed by atoms with Crippen LogP contribution in [0.4, 0.5) is 5.95 Å². The van der Waals surface area contributed by atoms with Gasteiger partial charge in [0.1, 0.15) is 6.33 Å². The Morgan fingerprint density at radius 3 is 2.81 bits per heavy atom. The molecule has 0 saturated heterocycles. The van der Waals surface area contributed by atoms with Crippen LogP contribution in [0.25, 0.3) is 16.9 Å². The third-order valence-electron chi connectivity index (χ3n) is 3.23. The average molecular weight is 301 g/mol. The molecule has 108 valence electrons. The molecule has 0 bridgehead atoms. The zero-order valence-corrected chi connectivity index (χ0v) is 12.4. The maximum absolute atomic E-state index is 12.1. The highest BCUT2D eigenvalue weighted by Crippen LogP contribution is 2.15. The lowest BCUT2D eigenvalue weighted by atomic mass is 10.3. The summed E-state index contributed by atoms with van der Waals surface area (Å²) in [5.41, 5.74) is 1.56. The lowest BCUT2D eigenvalue weighted by Gasteiger charge is -2.16. The number of H-pyrrole nitrogens is 1. The molecule has 1 aromatic carbocycles. The Bertz CT molecular complexity index is 811. The predicted molar refractivity (Wildman–Crippen MR) is 86.6 cm³/mol. The van der Waals surface area contributed by atoms with Gasteiger partial charge in [-0.25, -0.2) is 4.98 Å². The number of aromatic amines is 1. The first kappa shape index (κ1) is 13.7. The lowest BCUT2D eigenvalue weighted by Crippen LogP contribution is -2.25. The van der Waals surface area contributed by atoms with Crippen molar-refractivity contribution >= 4 is 29.7 Å². The molecule has 0 aliphatic rings. The van der Waals surface area contributed by atoms with Crippen molar-refractivity contribution in [2.75, 3.05) is 24.2 Å². The molecule has 0 unspecified atom stereocenters. The van der Waals surface area contributed by atoms with E-state index in [1.54, 1.807) is 6.33 Å². The number of benzene rings is 1. The van der Waals surface area contributed by atoms with Gasteiger partial charge >= 0.3 is 0 Å². The van der Waals surface area contributed by atoms with Crippen LogP contribution in [0.1, 0.15) is 0 Å². The van der Waals surface area contributed by atoms with Gasteiger partial charge in [-0.3, -0.25) is 14.3 Å². The van der Waals surface area contributed by atoms with Crippen molar-refractivity contribution in [3.05, 3.63) is 47.0 Å². The van der Waals surface area contributed by atoms with E-state index < -0.39 is 0 Å². The highest BCUT2D eigenvalue weighted by molar-refractivity contribution is 7.80. The number of anilines is 1. The number of nitrogens with one attached hydrogen (secondary N) is 1. The van der Waals surface area contributed by atoms with E-state index in [9.17, 15) is 4.79 Å². The molecule has 6 nitrogen and oxygen atoms in total. The van der Waals surface area contributed by atoms with Gasteiger partial charge in [0.15, 0.2) is 11.2 Å². The molecule has 3 aromatic rings. The fraction of sp³-hybridized carbons (Fsp3) is 0.214. The summed E-state index contributed by atoms with van der Waals surface area (Å²) in [6.45, 7) is 0.691. The topological polar surface area (TPSA) is 66.8 Å². The number of aromatic nitrogens is 4. The molecule has 0 saturated carbocycles. The van der Waals surface area contributed by atoms with Gasteiger partial charge in [-0.15, -0.1) is 0 Å². The highest BCUT2D eigenvalue weighted by Gasteiger charge is 2.13. The van der Waals surface area contributed by atoms with E-state index in [1.807, 2.05) is 46.8 Å². The first-order valence-electron chi connectivity index (χ1n) is 6.55. The van der Waals surface area contributed by atoms with E-state index in [0.29, 0.717) is 29.4 Å². The monoisotopic (exact) mass is 301 g/mol. The number of rotatable bonds is 4. The second kappa shape index (κ2) is 5.61. The summed E-state index contributed by atoms with van der Waals surface area (Å²) in [5, 5.41) is 0. The Morgan fingerprint density at radius 1 is 1.33 bits per heavy atom. The molecular weight excluding hydrogens is 286 g/mol. The maximum Gasteiger partial charge on any atom is 0.280 e. The lowest BCUT2D eigenvalue weighted by molar-refractivity contribution is 0.904. The average Bonchev–Trinajstić information content (AvgIpc) is 2.93. The molecular formula is C14H15N5OS. The van der Waals surface area contributed by atoms with Crippen LogP contribution in [0, 0.1) is 0 Å². The van der Waals surface area contributed by atoms with Crippen molar-refractivity contribution in [1.29, 1.82) is 0 Å².